The Morgan fingerprint density at radius 3 is 2.73 bits per heavy atom. The van der Waals surface area contributed by atoms with Crippen LogP contribution in [0.1, 0.15) is 48.2 Å². The van der Waals surface area contributed by atoms with Crippen LogP contribution >= 0.6 is 11.6 Å². The summed E-state index contributed by atoms with van der Waals surface area (Å²) in [6.07, 6.45) is 4.85. The summed E-state index contributed by atoms with van der Waals surface area (Å²) in [7, 11) is 1.66. The molecule has 6 heteroatoms. The van der Waals surface area contributed by atoms with E-state index in [1.54, 1.807) is 37.6 Å². The molecule has 5 atom stereocenters. The average Bonchev–Trinajstić information content (AvgIpc) is 2.87. The number of esters is 1. The molecule has 3 fully saturated rings. The Morgan fingerprint density at radius 1 is 1.21 bits per heavy atom. The number of hydrogen-bond acceptors (Lipinski definition) is 5. The van der Waals surface area contributed by atoms with Crippen LogP contribution in [0.15, 0.2) is 54.7 Å². The molecule has 2 bridgehead atoms. The Kier molecular flexibility index (Phi) is 6.26. The first kappa shape index (κ1) is 22.2. The zero-order chi connectivity index (χ0) is 22.9. The second-order valence-corrected chi connectivity index (χ2v) is 9.57. The van der Waals surface area contributed by atoms with Gasteiger partial charge in [0.05, 0.1) is 24.2 Å². The van der Waals surface area contributed by atoms with Crippen molar-refractivity contribution < 1.29 is 14.3 Å². The summed E-state index contributed by atoms with van der Waals surface area (Å²) in [6.45, 7) is 4.39. The number of halogens is 1. The van der Waals surface area contributed by atoms with Crippen LogP contribution in [-0.2, 0) is 4.74 Å². The third kappa shape index (κ3) is 4.32. The smallest absolute Gasteiger partial charge is 0.338 e. The van der Waals surface area contributed by atoms with Crippen LogP contribution in [-0.4, -0.2) is 42.1 Å². The summed E-state index contributed by atoms with van der Waals surface area (Å²) >= 11 is 6.03. The molecule has 0 saturated carbocycles. The highest BCUT2D eigenvalue weighted by Crippen LogP contribution is 2.44. The van der Waals surface area contributed by atoms with E-state index in [0.29, 0.717) is 16.5 Å². The molecule has 5 nitrogen and oxygen atoms in total. The molecule has 0 spiro atoms. The molecule has 0 aliphatic carbocycles. The zero-order valence-corrected chi connectivity index (χ0v) is 19.8. The van der Waals surface area contributed by atoms with E-state index in [-0.39, 0.29) is 12.0 Å². The molecule has 1 aromatic heterocycles. The van der Waals surface area contributed by atoms with Crippen molar-refractivity contribution in [3.63, 3.8) is 0 Å². The second kappa shape index (κ2) is 9.32. The van der Waals surface area contributed by atoms with E-state index in [2.05, 4.69) is 16.8 Å². The van der Waals surface area contributed by atoms with Crippen molar-refractivity contribution >= 4 is 28.5 Å². The first-order valence-electron chi connectivity index (χ1n) is 11.7. The van der Waals surface area contributed by atoms with E-state index in [9.17, 15) is 4.79 Å². The van der Waals surface area contributed by atoms with Gasteiger partial charge in [0.25, 0.3) is 0 Å². The SMILES string of the molecule is CC[C@H]1CN2CC[C@H]1C[C@@H]2[C@@H](OC(=O)c1ccc(Cl)cc1)c1ccnc2ccc(OC)cc12. The summed E-state index contributed by atoms with van der Waals surface area (Å²) in [5.74, 6) is 1.82. The van der Waals surface area contributed by atoms with Crippen molar-refractivity contribution in [3.05, 3.63) is 70.9 Å². The first-order chi connectivity index (χ1) is 16.1. The summed E-state index contributed by atoms with van der Waals surface area (Å²) in [6, 6.07) is 14.9. The van der Waals surface area contributed by atoms with Gasteiger partial charge in [-0.1, -0.05) is 24.9 Å². The molecule has 3 aliphatic rings. The average molecular weight is 465 g/mol. The van der Waals surface area contributed by atoms with E-state index in [0.717, 1.165) is 47.6 Å². The number of piperidine rings is 3. The van der Waals surface area contributed by atoms with E-state index in [1.165, 1.54) is 12.8 Å². The van der Waals surface area contributed by atoms with Gasteiger partial charge in [-0.25, -0.2) is 4.79 Å². The van der Waals surface area contributed by atoms with Crippen LogP contribution in [0.4, 0.5) is 0 Å². The van der Waals surface area contributed by atoms with Gasteiger partial charge in [0.1, 0.15) is 11.9 Å². The van der Waals surface area contributed by atoms with Gasteiger partial charge in [0.2, 0.25) is 0 Å². The predicted octanol–water partition coefficient (Wildman–Crippen LogP) is 5.92. The van der Waals surface area contributed by atoms with Crippen molar-refractivity contribution in [2.24, 2.45) is 11.8 Å². The molecule has 3 aliphatic heterocycles. The standard InChI is InChI=1S/C27H29ClN2O3/c1-3-17-16-30-13-11-19(17)14-25(30)26(33-27(31)18-4-6-20(28)7-5-18)22-10-12-29-24-9-8-21(32-2)15-23(22)24/h4-10,12,15,17,19,25-26H,3,11,13-14,16H2,1-2H3/t17-,19-,25+,26-/m0/s1. The van der Waals surface area contributed by atoms with E-state index in [1.807, 2.05) is 24.3 Å². The molecule has 33 heavy (non-hydrogen) atoms. The minimum atomic E-state index is -0.397. The molecule has 0 radical (unpaired) electrons. The lowest BCUT2D eigenvalue weighted by Gasteiger charge is -2.51. The molecule has 2 aromatic carbocycles. The first-order valence-corrected chi connectivity index (χ1v) is 12.1. The summed E-state index contributed by atoms with van der Waals surface area (Å²) in [5.41, 5.74) is 2.35. The quantitative estimate of drug-likeness (QED) is 0.424. The lowest BCUT2D eigenvalue weighted by molar-refractivity contribution is -0.0659. The van der Waals surface area contributed by atoms with Gasteiger partial charge < -0.3 is 9.47 Å². The minimum Gasteiger partial charge on any atom is -0.497 e. The van der Waals surface area contributed by atoms with Gasteiger partial charge in [0.15, 0.2) is 0 Å². The maximum absolute atomic E-state index is 13.2. The van der Waals surface area contributed by atoms with Crippen LogP contribution in [0.25, 0.3) is 10.9 Å². The molecule has 3 aromatic rings. The Balaban J connectivity index is 1.55. The zero-order valence-electron chi connectivity index (χ0n) is 19.0. The van der Waals surface area contributed by atoms with Crippen LogP contribution in [0, 0.1) is 11.8 Å². The van der Waals surface area contributed by atoms with Crippen LogP contribution in [0.2, 0.25) is 5.02 Å². The number of ether oxygens (including phenoxy) is 2. The van der Waals surface area contributed by atoms with Crippen molar-refractivity contribution in [1.82, 2.24) is 9.88 Å². The van der Waals surface area contributed by atoms with E-state index in [4.69, 9.17) is 21.1 Å². The Morgan fingerprint density at radius 2 is 2.03 bits per heavy atom. The molecule has 172 valence electrons. The highest BCUT2D eigenvalue weighted by atomic mass is 35.5. The Labute approximate surface area is 199 Å². The highest BCUT2D eigenvalue weighted by Gasteiger charge is 2.44. The number of rotatable bonds is 6. The van der Waals surface area contributed by atoms with Crippen molar-refractivity contribution in [1.29, 1.82) is 0 Å². The summed E-state index contributed by atoms with van der Waals surface area (Å²) in [4.78, 5) is 20.3. The van der Waals surface area contributed by atoms with Crippen LogP contribution in [0.3, 0.4) is 0 Å². The molecule has 1 unspecified atom stereocenters. The molecular weight excluding hydrogens is 436 g/mol. The third-order valence-corrected chi connectivity index (χ3v) is 7.66. The number of methoxy groups -OCH3 is 1. The number of hydrogen-bond donors (Lipinski definition) is 0. The Bertz CT molecular complexity index is 1150. The number of carbonyl (C=O) groups excluding carboxylic acids is 1. The topological polar surface area (TPSA) is 51.7 Å². The Hall–Kier alpha value is -2.63. The molecule has 6 rings (SSSR count). The van der Waals surface area contributed by atoms with Gasteiger partial charge >= 0.3 is 5.97 Å². The highest BCUT2D eigenvalue weighted by molar-refractivity contribution is 6.30. The lowest BCUT2D eigenvalue weighted by atomic mass is 9.72. The number of aromatic nitrogens is 1. The third-order valence-electron chi connectivity index (χ3n) is 7.41. The molecule has 4 heterocycles. The predicted molar refractivity (Wildman–Crippen MR) is 130 cm³/mol. The molecule has 3 saturated heterocycles. The monoisotopic (exact) mass is 464 g/mol. The van der Waals surface area contributed by atoms with Gasteiger partial charge in [-0.05, 0) is 79.8 Å². The number of fused-ring (bicyclic) bond motifs is 4. The van der Waals surface area contributed by atoms with Crippen LogP contribution in [0.5, 0.6) is 5.75 Å². The number of pyridine rings is 1. The maximum Gasteiger partial charge on any atom is 0.338 e. The van der Waals surface area contributed by atoms with Gasteiger partial charge in [-0.3, -0.25) is 9.88 Å². The number of carbonyl (C=O) groups is 1. The van der Waals surface area contributed by atoms with Crippen molar-refractivity contribution in [3.8, 4) is 5.75 Å². The summed E-state index contributed by atoms with van der Waals surface area (Å²) in [5, 5.41) is 1.55. The molecular formula is C27H29ClN2O3. The molecule has 0 amide bonds. The minimum absolute atomic E-state index is 0.139. The van der Waals surface area contributed by atoms with Crippen molar-refractivity contribution in [2.45, 2.75) is 38.3 Å². The van der Waals surface area contributed by atoms with E-state index >= 15 is 0 Å². The fraction of sp³-hybridized carbons (Fsp3) is 0.407. The van der Waals surface area contributed by atoms with Gasteiger partial charge in [-0.2, -0.15) is 0 Å². The van der Waals surface area contributed by atoms with Gasteiger partial charge in [-0.15, -0.1) is 0 Å². The second-order valence-electron chi connectivity index (χ2n) is 9.13. The number of nitrogens with zero attached hydrogens (tertiary/aromatic N) is 2. The fourth-order valence-electron chi connectivity index (χ4n) is 5.60. The van der Waals surface area contributed by atoms with Gasteiger partial charge in [0, 0.05) is 28.7 Å². The van der Waals surface area contributed by atoms with Crippen LogP contribution < -0.4 is 4.74 Å². The number of benzene rings is 2. The summed E-state index contributed by atoms with van der Waals surface area (Å²) < 4.78 is 11.8. The molecule has 0 N–H and O–H groups in total. The fourth-order valence-corrected chi connectivity index (χ4v) is 5.72. The maximum atomic E-state index is 13.2. The lowest BCUT2D eigenvalue weighted by Crippen LogP contribution is -2.55. The van der Waals surface area contributed by atoms with E-state index < -0.39 is 6.10 Å². The van der Waals surface area contributed by atoms with Crippen molar-refractivity contribution in [2.75, 3.05) is 20.2 Å². The largest absolute Gasteiger partial charge is 0.497 e. The normalized spacial score (nSPS) is 25.1.